The van der Waals surface area contributed by atoms with E-state index in [1.165, 1.54) is 83.0 Å². The molecule has 1 aliphatic carbocycles. The van der Waals surface area contributed by atoms with Crippen molar-refractivity contribution in [2.45, 2.75) is 103 Å². The molecule has 1 fully saturated rings. The van der Waals surface area contributed by atoms with Crippen molar-refractivity contribution in [2.75, 3.05) is 11.5 Å². The minimum absolute atomic E-state index is 0.0896. The van der Waals surface area contributed by atoms with Crippen LogP contribution < -0.4 is 11.5 Å². The van der Waals surface area contributed by atoms with Crippen LogP contribution in [0.5, 0.6) is 0 Å². The molecule has 4 aromatic rings. The highest BCUT2D eigenvalue weighted by Gasteiger charge is 2.38. The fourth-order valence-electron chi connectivity index (χ4n) is 7.48. The SMILES string of the molecule is CCCc1cc(Cc2ccc(C3(c4ccc(Cc5ccc(N)c(CCC)c5)cc4)CCC(CCC)CC3)cc2)ccc1N. The topological polar surface area (TPSA) is 52.0 Å². The predicted molar refractivity (Wildman–Crippen MR) is 186 cm³/mol. The van der Waals surface area contributed by atoms with Gasteiger partial charge in [-0.25, -0.2) is 0 Å². The van der Waals surface area contributed by atoms with Crippen molar-refractivity contribution in [3.63, 3.8) is 0 Å². The molecule has 0 heterocycles. The van der Waals surface area contributed by atoms with Crippen LogP contribution in [0.2, 0.25) is 0 Å². The predicted octanol–water partition coefficient (Wildman–Crippen LogP) is 10.2. The third kappa shape index (κ3) is 7.35. The fraction of sp³-hybridized carbons (Fsp3) is 0.415. The molecule has 0 amide bonds. The summed E-state index contributed by atoms with van der Waals surface area (Å²) in [7, 11) is 0. The molecule has 43 heavy (non-hydrogen) atoms. The second-order valence-electron chi connectivity index (χ2n) is 13.1. The summed E-state index contributed by atoms with van der Waals surface area (Å²) in [6.07, 6.45) is 13.9. The third-order valence-corrected chi connectivity index (χ3v) is 9.94. The highest BCUT2D eigenvalue weighted by Crippen LogP contribution is 2.47. The first-order valence-corrected chi connectivity index (χ1v) is 16.9. The van der Waals surface area contributed by atoms with Crippen LogP contribution in [-0.4, -0.2) is 0 Å². The molecule has 0 bridgehead atoms. The van der Waals surface area contributed by atoms with Crippen molar-refractivity contribution in [3.05, 3.63) is 129 Å². The molecule has 226 valence electrons. The maximum atomic E-state index is 6.24. The summed E-state index contributed by atoms with van der Waals surface area (Å²) >= 11 is 0. The van der Waals surface area contributed by atoms with E-state index in [2.05, 4.69) is 106 Å². The van der Waals surface area contributed by atoms with Gasteiger partial charge in [0.15, 0.2) is 0 Å². The van der Waals surface area contributed by atoms with E-state index in [1.807, 2.05) is 0 Å². The second-order valence-corrected chi connectivity index (χ2v) is 13.1. The number of anilines is 2. The van der Waals surface area contributed by atoms with Gasteiger partial charge in [-0.05, 0) is 114 Å². The number of hydrogen-bond donors (Lipinski definition) is 2. The zero-order chi connectivity index (χ0) is 30.2. The zero-order valence-electron chi connectivity index (χ0n) is 26.8. The monoisotopic (exact) mass is 572 g/mol. The van der Waals surface area contributed by atoms with Gasteiger partial charge in [0.2, 0.25) is 0 Å². The standard InChI is InChI=1S/C41H52N2/c1-4-7-30-22-24-41(25-23-30,37-16-10-31(11-17-37)26-33-14-20-39(42)35(28-33)8-5-2)38-18-12-32(13-19-38)27-34-15-21-40(43)36(29-34)9-6-3/h10-21,28-30H,4-9,22-27,42-43H2,1-3H3. The highest BCUT2D eigenvalue weighted by molar-refractivity contribution is 5.51. The first-order valence-electron chi connectivity index (χ1n) is 16.9. The lowest BCUT2D eigenvalue weighted by Crippen LogP contribution is -2.33. The van der Waals surface area contributed by atoms with Crippen LogP contribution in [0.1, 0.15) is 117 Å². The summed E-state index contributed by atoms with van der Waals surface area (Å²) in [5.41, 5.74) is 25.3. The average molecular weight is 573 g/mol. The van der Waals surface area contributed by atoms with Crippen molar-refractivity contribution in [1.82, 2.24) is 0 Å². The summed E-state index contributed by atoms with van der Waals surface area (Å²) in [4.78, 5) is 0. The van der Waals surface area contributed by atoms with Gasteiger partial charge in [0.25, 0.3) is 0 Å². The average Bonchev–Trinajstić information content (AvgIpc) is 3.02. The van der Waals surface area contributed by atoms with Crippen LogP contribution >= 0.6 is 0 Å². The Balaban J connectivity index is 1.38. The van der Waals surface area contributed by atoms with Gasteiger partial charge in [-0.3, -0.25) is 0 Å². The zero-order valence-corrected chi connectivity index (χ0v) is 26.8. The van der Waals surface area contributed by atoms with E-state index in [9.17, 15) is 0 Å². The van der Waals surface area contributed by atoms with Gasteiger partial charge in [-0.1, -0.05) is 119 Å². The number of nitrogens with two attached hydrogens (primary N) is 2. The van der Waals surface area contributed by atoms with E-state index in [0.29, 0.717) is 0 Å². The summed E-state index contributed by atoms with van der Waals surface area (Å²) in [5.74, 6) is 0.863. The van der Waals surface area contributed by atoms with E-state index in [4.69, 9.17) is 11.5 Å². The summed E-state index contributed by atoms with van der Waals surface area (Å²) in [6, 6.07) is 32.3. The van der Waals surface area contributed by atoms with E-state index >= 15 is 0 Å². The lowest BCUT2D eigenvalue weighted by Gasteiger charge is -2.41. The number of rotatable bonds is 12. The Morgan fingerprint density at radius 2 is 0.977 bits per heavy atom. The second kappa shape index (κ2) is 14.3. The lowest BCUT2D eigenvalue weighted by atomic mass is 9.62. The lowest BCUT2D eigenvalue weighted by molar-refractivity contribution is 0.253. The Bertz CT molecular complexity index is 1350. The van der Waals surface area contributed by atoms with Crippen LogP contribution in [0.3, 0.4) is 0 Å². The summed E-state index contributed by atoms with van der Waals surface area (Å²) < 4.78 is 0. The smallest absolute Gasteiger partial charge is 0.0346 e. The van der Waals surface area contributed by atoms with Gasteiger partial charge in [0, 0.05) is 16.8 Å². The molecule has 0 radical (unpaired) electrons. The molecule has 0 aliphatic heterocycles. The molecular weight excluding hydrogens is 520 g/mol. The van der Waals surface area contributed by atoms with Crippen LogP contribution in [-0.2, 0) is 31.1 Å². The Labute approximate surface area is 260 Å². The highest BCUT2D eigenvalue weighted by atomic mass is 14.6. The van der Waals surface area contributed by atoms with Crippen LogP contribution in [0, 0.1) is 5.92 Å². The molecule has 2 nitrogen and oxygen atoms in total. The molecule has 4 aromatic carbocycles. The van der Waals surface area contributed by atoms with Crippen molar-refractivity contribution < 1.29 is 0 Å². The van der Waals surface area contributed by atoms with E-state index in [1.54, 1.807) is 0 Å². The molecule has 0 unspecified atom stereocenters. The largest absolute Gasteiger partial charge is 0.399 e. The van der Waals surface area contributed by atoms with Crippen molar-refractivity contribution in [2.24, 2.45) is 5.92 Å². The molecule has 5 rings (SSSR count). The Morgan fingerprint density at radius 1 is 0.558 bits per heavy atom. The molecule has 4 N–H and O–H groups in total. The van der Waals surface area contributed by atoms with Gasteiger partial charge in [0.1, 0.15) is 0 Å². The quantitative estimate of drug-likeness (QED) is 0.166. The maximum absolute atomic E-state index is 6.24. The van der Waals surface area contributed by atoms with Crippen LogP contribution in [0.25, 0.3) is 0 Å². The number of nitrogen functional groups attached to an aromatic ring is 2. The summed E-state index contributed by atoms with van der Waals surface area (Å²) in [5, 5.41) is 0. The summed E-state index contributed by atoms with van der Waals surface area (Å²) in [6.45, 7) is 6.76. The molecule has 0 saturated heterocycles. The first kappa shape index (κ1) is 30.9. The number of aryl methyl sites for hydroxylation is 2. The first-order chi connectivity index (χ1) is 20.9. The van der Waals surface area contributed by atoms with Crippen LogP contribution in [0.4, 0.5) is 11.4 Å². The van der Waals surface area contributed by atoms with E-state index in [0.717, 1.165) is 55.8 Å². The van der Waals surface area contributed by atoms with Gasteiger partial charge in [-0.15, -0.1) is 0 Å². The van der Waals surface area contributed by atoms with Gasteiger partial charge in [0.05, 0.1) is 0 Å². The van der Waals surface area contributed by atoms with E-state index < -0.39 is 0 Å². The van der Waals surface area contributed by atoms with Crippen molar-refractivity contribution in [1.29, 1.82) is 0 Å². The third-order valence-electron chi connectivity index (χ3n) is 9.94. The van der Waals surface area contributed by atoms with E-state index in [-0.39, 0.29) is 5.41 Å². The molecular formula is C41H52N2. The molecule has 0 spiro atoms. The number of benzene rings is 4. The Morgan fingerprint density at radius 3 is 1.37 bits per heavy atom. The molecule has 0 aromatic heterocycles. The normalized spacial score (nSPS) is 15.0. The Kier molecular flexibility index (Phi) is 10.3. The number of hydrogen-bond acceptors (Lipinski definition) is 2. The molecule has 1 aliphatic rings. The van der Waals surface area contributed by atoms with Crippen LogP contribution in [0.15, 0.2) is 84.9 Å². The molecule has 1 saturated carbocycles. The van der Waals surface area contributed by atoms with Gasteiger partial charge >= 0.3 is 0 Å². The molecule has 2 heteroatoms. The minimum atomic E-state index is 0.0896. The van der Waals surface area contributed by atoms with Crippen molar-refractivity contribution >= 4 is 11.4 Å². The maximum Gasteiger partial charge on any atom is 0.0346 e. The molecule has 0 atom stereocenters. The fourth-order valence-corrected chi connectivity index (χ4v) is 7.48. The Hall–Kier alpha value is -3.52. The van der Waals surface area contributed by atoms with Crippen molar-refractivity contribution in [3.8, 4) is 0 Å². The van der Waals surface area contributed by atoms with Gasteiger partial charge < -0.3 is 11.5 Å². The van der Waals surface area contributed by atoms with Gasteiger partial charge in [-0.2, -0.15) is 0 Å². The minimum Gasteiger partial charge on any atom is -0.399 e.